The molecule has 346 valence electrons. The van der Waals surface area contributed by atoms with Crippen LogP contribution in [0.4, 0.5) is 13.6 Å². The molecule has 13 nitrogen and oxygen atoms in total. The van der Waals surface area contributed by atoms with E-state index >= 15 is 0 Å². The highest BCUT2D eigenvalue weighted by Crippen LogP contribution is 2.39. The lowest BCUT2D eigenvalue weighted by molar-refractivity contribution is -0.141. The van der Waals surface area contributed by atoms with Crippen LogP contribution < -0.4 is 16.0 Å². The second-order valence-corrected chi connectivity index (χ2v) is 24.2. The number of rotatable bonds is 23. The molecular formula is C47H62F2N6O7SSi. The van der Waals surface area contributed by atoms with Crippen molar-refractivity contribution in [3.63, 3.8) is 0 Å². The fourth-order valence-electron chi connectivity index (χ4n) is 7.90. The fourth-order valence-corrected chi connectivity index (χ4v) is 8.90. The van der Waals surface area contributed by atoms with Crippen molar-refractivity contribution in [2.45, 2.75) is 94.8 Å². The summed E-state index contributed by atoms with van der Waals surface area (Å²) >= 11 is 4.67. The Balaban J connectivity index is 1.14. The van der Waals surface area contributed by atoms with Crippen LogP contribution in [0.1, 0.15) is 68.5 Å². The Hall–Kier alpha value is -5.29. The van der Waals surface area contributed by atoms with Crippen molar-refractivity contribution in [1.82, 2.24) is 30.3 Å². The van der Waals surface area contributed by atoms with Crippen LogP contribution in [0.5, 0.6) is 0 Å². The Morgan fingerprint density at radius 3 is 2.27 bits per heavy atom. The van der Waals surface area contributed by atoms with Crippen LogP contribution in [0.15, 0.2) is 72.9 Å². The lowest BCUT2D eigenvalue weighted by Crippen LogP contribution is -2.42. The summed E-state index contributed by atoms with van der Waals surface area (Å²) in [4.78, 5) is 77.0. The highest BCUT2D eigenvalue weighted by atomic mass is 32.1. The maximum absolute atomic E-state index is 15.0. The van der Waals surface area contributed by atoms with Crippen LogP contribution in [-0.2, 0) is 35.3 Å². The standard InChI is InChI=1S/C47H62F2N6O7SSi/c1-64(2,3)25-24-62-47(61)52-20-7-23-53(46(60)28-38(63)15-17-42(56)50-21-22-51-43(57)32-55-44(58)18-19-45(55)59)29-34-10-12-35(13-11-34)41-26-36(39-27-37(48)14-16-40(39)49)31-54(41)30-33-8-5-4-6-9-33/h4-6,8-9,14,16,18-19,26-27,31,34-35,38,63H,7,10-13,15,17,20-25,28-30,32H2,1-3H3,(H,50,56)(H,51,57)(H,52,61)/t34?,35?,38-/m1/s1. The number of carbonyl (C=O) groups excluding carboxylic acids is 6. The minimum Gasteiger partial charge on any atom is -0.450 e. The van der Waals surface area contributed by atoms with E-state index in [1.54, 1.807) is 0 Å². The molecule has 64 heavy (non-hydrogen) atoms. The van der Waals surface area contributed by atoms with Gasteiger partial charge in [-0.1, -0.05) is 50.0 Å². The predicted molar refractivity (Wildman–Crippen MR) is 247 cm³/mol. The van der Waals surface area contributed by atoms with Crippen molar-refractivity contribution >= 4 is 56.3 Å². The van der Waals surface area contributed by atoms with Gasteiger partial charge in [0, 0.05) is 101 Å². The van der Waals surface area contributed by atoms with E-state index < -0.39 is 55.3 Å². The number of hydrogen-bond donors (Lipinski definition) is 4. The van der Waals surface area contributed by atoms with E-state index in [4.69, 9.17) is 4.74 Å². The average Bonchev–Trinajstić information content (AvgIpc) is 3.81. The molecular weight excluding hydrogens is 859 g/mol. The van der Waals surface area contributed by atoms with Gasteiger partial charge in [-0.05, 0) is 86.2 Å². The first-order chi connectivity index (χ1) is 30.5. The molecule has 1 fully saturated rings. The number of halogens is 2. The van der Waals surface area contributed by atoms with Crippen molar-refractivity contribution in [1.29, 1.82) is 0 Å². The monoisotopic (exact) mass is 920 g/mol. The molecule has 2 heterocycles. The Labute approximate surface area is 381 Å². The lowest BCUT2D eigenvalue weighted by Gasteiger charge is -2.34. The van der Waals surface area contributed by atoms with Crippen molar-refractivity contribution in [2.75, 3.05) is 45.9 Å². The van der Waals surface area contributed by atoms with Crippen molar-refractivity contribution in [3.05, 3.63) is 95.8 Å². The Morgan fingerprint density at radius 2 is 1.58 bits per heavy atom. The maximum atomic E-state index is 15.0. The summed E-state index contributed by atoms with van der Waals surface area (Å²) in [5.74, 6) is -2.58. The van der Waals surface area contributed by atoms with Gasteiger partial charge in [0.25, 0.3) is 11.8 Å². The third-order valence-electron chi connectivity index (χ3n) is 11.5. The molecule has 0 radical (unpaired) electrons. The first kappa shape index (κ1) is 49.7. The first-order valence-corrected chi connectivity index (χ1v) is 26.4. The second kappa shape index (κ2) is 24.1. The van der Waals surface area contributed by atoms with Crippen LogP contribution in [0.3, 0.4) is 0 Å². The third-order valence-corrected chi connectivity index (χ3v) is 13.7. The number of carbonyl (C=O) groups is 6. The highest BCUT2D eigenvalue weighted by Gasteiger charge is 2.29. The number of thiol groups is 1. The molecule has 17 heteroatoms. The highest BCUT2D eigenvalue weighted by molar-refractivity contribution is 7.81. The summed E-state index contributed by atoms with van der Waals surface area (Å²) in [6.07, 6.45) is 8.14. The van der Waals surface area contributed by atoms with E-state index in [2.05, 4.69) is 52.8 Å². The van der Waals surface area contributed by atoms with E-state index in [0.717, 1.165) is 72.2 Å². The van der Waals surface area contributed by atoms with Gasteiger partial charge in [-0.25, -0.2) is 13.6 Å². The summed E-state index contributed by atoms with van der Waals surface area (Å²) < 4.78 is 36.7. The van der Waals surface area contributed by atoms with Crippen molar-refractivity contribution < 1.29 is 42.3 Å². The average molecular weight is 921 g/mol. The van der Waals surface area contributed by atoms with Crippen LogP contribution in [0.25, 0.3) is 11.1 Å². The number of aromatic nitrogens is 1. The predicted octanol–water partition coefficient (Wildman–Crippen LogP) is 6.66. The third kappa shape index (κ3) is 16.1. The lowest BCUT2D eigenvalue weighted by atomic mass is 9.80. The molecule has 6 amide bonds. The van der Waals surface area contributed by atoms with Gasteiger partial charge in [0.1, 0.15) is 18.2 Å². The Kier molecular flexibility index (Phi) is 18.7. The van der Waals surface area contributed by atoms with Crippen molar-refractivity contribution in [2.24, 2.45) is 5.92 Å². The number of ether oxygens (including phenoxy) is 1. The normalized spacial score (nSPS) is 16.7. The van der Waals surface area contributed by atoms with Crippen LogP contribution >= 0.6 is 12.6 Å². The topological polar surface area (TPSA) is 159 Å². The number of amides is 6. The molecule has 0 saturated heterocycles. The van der Waals surface area contributed by atoms with Crippen LogP contribution in [-0.4, -0.2) is 109 Å². The number of imide groups is 1. The minimum atomic E-state index is -1.36. The molecule has 1 saturated carbocycles. The molecule has 5 rings (SSSR count). The van der Waals surface area contributed by atoms with Crippen LogP contribution in [0.2, 0.25) is 25.7 Å². The largest absolute Gasteiger partial charge is 0.450 e. The van der Waals surface area contributed by atoms with E-state index in [1.807, 2.05) is 47.5 Å². The SMILES string of the molecule is C[Si](C)(C)CCOC(=O)NCCCN(CC1CCC(c2cc(-c3cc(F)ccc3F)cn2Cc2ccccc2)CC1)C(=O)C[C@H](S)CCC(=O)NCCNC(=O)CN1C(=O)C=CC1=O. The number of nitrogens with zero attached hydrogens (tertiary/aromatic N) is 3. The molecule has 0 spiro atoms. The van der Waals surface area contributed by atoms with Gasteiger partial charge in [0.15, 0.2) is 0 Å². The molecule has 0 bridgehead atoms. The van der Waals surface area contributed by atoms with Gasteiger partial charge in [-0.3, -0.25) is 28.9 Å². The van der Waals surface area contributed by atoms with Gasteiger partial charge in [0.05, 0.1) is 6.61 Å². The molecule has 3 N–H and O–H groups in total. The quantitative estimate of drug-likeness (QED) is 0.0358. The molecule has 1 aromatic heterocycles. The number of benzene rings is 2. The zero-order chi connectivity index (χ0) is 46.2. The summed E-state index contributed by atoms with van der Waals surface area (Å²) in [5.41, 5.74) is 3.01. The van der Waals surface area contributed by atoms with E-state index in [0.29, 0.717) is 51.2 Å². The molecule has 0 unspecified atom stereocenters. The van der Waals surface area contributed by atoms with Gasteiger partial charge in [-0.15, -0.1) is 0 Å². The number of nitrogens with one attached hydrogen (secondary N) is 3. The van der Waals surface area contributed by atoms with Crippen LogP contribution in [0, 0.1) is 17.6 Å². The maximum Gasteiger partial charge on any atom is 0.407 e. The molecule has 1 atom stereocenters. The zero-order valence-corrected chi connectivity index (χ0v) is 39.0. The van der Waals surface area contributed by atoms with Crippen molar-refractivity contribution in [3.8, 4) is 11.1 Å². The summed E-state index contributed by atoms with van der Waals surface area (Å²) in [5, 5.41) is 7.71. The summed E-state index contributed by atoms with van der Waals surface area (Å²) in [6, 6.07) is 16.4. The van der Waals surface area contributed by atoms with E-state index in [1.165, 1.54) is 6.07 Å². The fraction of sp³-hybridized carbons (Fsp3) is 0.489. The number of hydrogen-bond acceptors (Lipinski definition) is 8. The molecule has 1 aliphatic carbocycles. The first-order valence-electron chi connectivity index (χ1n) is 22.2. The van der Waals surface area contributed by atoms with Gasteiger partial charge in [0.2, 0.25) is 17.7 Å². The van der Waals surface area contributed by atoms with Gasteiger partial charge >= 0.3 is 6.09 Å². The molecule has 2 aromatic carbocycles. The summed E-state index contributed by atoms with van der Waals surface area (Å²) in [7, 11) is -1.36. The molecule has 3 aromatic rings. The van der Waals surface area contributed by atoms with Gasteiger partial charge in [-0.2, -0.15) is 12.6 Å². The molecule has 2 aliphatic rings. The van der Waals surface area contributed by atoms with E-state index in [9.17, 15) is 37.5 Å². The second-order valence-electron chi connectivity index (χ2n) is 17.9. The Bertz CT molecular complexity index is 2100. The number of alkyl carbamates (subject to hydrolysis) is 1. The Morgan fingerprint density at radius 1 is 0.891 bits per heavy atom. The summed E-state index contributed by atoms with van der Waals surface area (Å²) in [6.45, 7) is 8.73. The molecule has 1 aliphatic heterocycles. The zero-order valence-electron chi connectivity index (χ0n) is 37.1. The van der Waals surface area contributed by atoms with Gasteiger partial charge < -0.3 is 30.2 Å². The minimum absolute atomic E-state index is 0.0911. The van der Waals surface area contributed by atoms with E-state index in [-0.39, 0.29) is 55.1 Å². The smallest absolute Gasteiger partial charge is 0.407 e.